The van der Waals surface area contributed by atoms with Crippen molar-refractivity contribution >= 4 is 23.7 Å². The molecule has 1 rings (SSSR count). The molecule has 0 fully saturated rings. The van der Waals surface area contributed by atoms with E-state index in [4.69, 9.17) is 16.3 Å². The molecule has 18 heavy (non-hydrogen) atoms. The molecule has 2 N–H and O–H groups in total. The monoisotopic (exact) mass is 268 g/mol. The van der Waals surface area contributed by atoms with Gasteiger partial charge in [-0.15, -0.1) is 11.6 Å². The molecule has 0 atom stereocenters. The first-order valence-electron chi connectivity index (χ1n) is 5.68. The van der Waals surface area contributed by atoms with Crippen molar-refractivity contribution in [3.05, 3.63) is 36.0 Å². The number of rotatable bonds is 6. The topological polar surface area (TPSA) is 50.4 Å². The third-order valence-electron chi connectivity index (χ3n) is 2.21. The molecule has 0 unspecified atom stereocenters. The number of halogens is 1. The van der Waals surface area contributed by atoms with Crippen molar-refractivity contribution in [3.63, 3.8) is 0 Å². The van der Waals surface area contributed by atoms with E-state index in [9.17, 15) is 4.79 Å². The SMILES string of the molecule is COc1ccccc1/C=C/NC(=O)NCCCCl. The van der Waals surface area contributed by atoms with Crippen LogP contribution in [-0.4, -0.2) is 25.6 Å². The van der Waals surface area contributed by atoms with Gasteiger partial charge in [0.15, 0.2) is 0 Å². The van der Waals surface area contributed by atoms with Gasteiger partial charge in [-0.3, -0.25) is 0 Å². The Balaban J connectivity index is 2.42. The fourth-order valence-electron chi connectivity index (χ4n) is 1.33. The third-order valence-corrected chi connectivity index (χ3v) is 2.48. The zero-order valence-electron chi connectivity index (χ0n) is 10.3. The lowest BCUT2D eigenvalue weighted by atomic mass is 10.2. The minimum atomic E-state index is -0.244. The van der Waals surface area contributed by atoms with E-state index in [2.05, 4.69) is 10.6 Å². The molecule has 5 heteroatoms. The van der Waals surface area contributed by atoms with Gasteiger partial charge in [0, 0.05) is 24.2 Å². The minimum absolute atomic E-state index is 0.244. The summed E-state index contributed by atoms with van der Waals surface area (Å²) in [6.07, 6.45) is 4.11. The van der Waals surface area contributed by atoms with Crippen LogP contribution in [0, 0.1) is 0 Å². The molecule has 0 aliphatic heterocycles. The number of ether oxygens (including phenoxy) is 1. The predicted octanol–water partition coefficient (Wildman–Crippen LogP) is 2.59. The lowest BCUT2D eigenvalue weighted by molar-refractivity contribution is 0.244. The standard InChI is InChI=1S/C13H17ClN2O2/c1-18-12-6-3-2-5-11(12)7-10-16-13(17)15-9-4-8-14/h2-3,5-7,10H,4,8-9H2,1H3,(H2,15,16,17)/b10-7+. The van der Waals surface area contributed by atoms with Gasteiger partial charge in [0.2, 0.25) is 0 Å². The smallest absolute Gasteiger partial charge is 0.318 e. The Kier molecular flexibility index (Phi) is 6.72. The summed E-state index contributed by atoms with van der Waals surface area (Å²) < 4.78 is 5.19. The molecular formula is C13H17ClN2O2. The van der Waals surface area contributed by atoms with Crippen LogP contribution < -0.4 is 15.4 Å². The average molecular weight is 269 g/mol. The second kappa shape index (κ2) is 8.42. The number of carbonyl (C=O) groups is 1. The highest BCUT2D eigenvalue weighted by Crippen LogP contribution is 2.17. The van der Waals surface area contributed by atoms with Crippen molar-refractivity contribution in [1.29, 1.82) is 0 Å². The molecule has 0 saturated carbocycles. The maximum absolute atomic E-state index is 11.3. The van der Waals surface area contributed by atoms with Gasteiger partial charge in [-0.1, -0.05) is 18.2 Å². The molecule has 4 nitrogen and oxygen atoms in total. The quantitative estimate of drug-likeness (QED) is 0.615. The molecular weight excluding hydrogens is 252 g/mol. The number of benzene rings is 1. The number of methoxy groups -OCH3 is 1. The Hall–Kier alpha value is -1.68. The number of hydrogen-bond donors (Lipinski definition) is 2. The molecule has 0 aromatic heterocycles. The highest BCUT2D eigenvalue weighted by molar-refractivity contribution is 6.17. The van der Waals surface area contributed by atoms with E-state index in [1.807, 2.05) is 24.3 Å². The zero-order chi connectivity index (χ0) is 13.2. The van der Waals surface area contributed by atoms with E-state index in [1.54, 1.807) is 19.4 Å². The third kappa shape index (κ3) is 5.10. The van der Waals surface area contributed by atoms with Crippen LogP contribution in [0.4, 0.5) is 4.79 Å². The van der Waals surface area contributed by atoms with E-state index in [1.165, 1.54) is 0 Å². The van der Waals surface area contributed by atoms with Crippen LogP contribution in [0.15, 0.2) is 30.5 Å². The zero-order valence-corrected chi connectivity index (χ0v) is 11.0. The van der Waals surface area contributed by atoms with Crippen LogP contribution in [0.2, 0.25) is 0 Å². The van der Waals surface area contributed by atoms with Crippen molar-refractivity contribution in [3.8, 4) is 5.75 Å². The Morgan fingerprint density at radius 2 is 2.22 bits per heavy atom. The lowest BCUT2D eigenvalue weighted by Crippen LogP contribution is -2.32. The Morgan fingerprint density at radius 3 is 2.94 bits per heavy atom. The second-order valence-corrected chi connectivity index (χ2v) is 3.90. The van der Waals surface area contributed by atoms with Crippen molar-refractivity contribution in [2.75, 3.05) is 19.5 Å². The molecule has 0 radical (unpaired) electrons. The van der Waals surface area contributed by atoms with Gasteiger partial charge < -0.3 is 15.4 Å². The number of amides is 2. The molecule has 0 aliphatic carbocycles. The largest absolute Gasteiger partial charge is 0.496 e. The molecule has 0 heterocycles. The van der Waals surface area contributed by atoms with E-state index in [-0.39, 0.29) is 6.03 Å². The molecule has 1 aromatic rings. The van der Waals surface area contributed by atoms with E-state index in [0.29, 0.717) is 12.4 Å². The number of alkyl halides is 1. The fourth-order valence-corrected chi connectivity index (χ4v) is 1.46. The summed E-state index contributed by atoms with van der Waals surface area (Å²) in [6, 6.07) is 7.32. The van der Waals surface area contributed by atoms with Gasteiger partial charge in [0.25, 0.3) is 0 Å². The van der Waals surface area contributed by atoms with Gasteiger partial charge in [-0.05, 0) is 18.6 Å². The minimum Gasteiger partial charge on any atom is -0.496 e. The van der Waals surface area contributed by atoms with Crippen LogP contribution in [0.1, 0.15) is 12.0 Å². The molecule has 0 aliphatic rings. The van der Waals surface area contributed by atoms with Crippen LogP contribution in [0.3, 0.4) is 0 Å². The molecule has 1 aromatic carbocycles. The van der Waals surface area contributed by atoms with E-state index < -0.39 is 0 Å². The second-order valence-electron chi connectivity index (χ2n) is 3.52. The van der Waals surface area contributed by atoms with Crippen LogP contribution in [-0.2, 0) is 0 Å². The van der Waals surface area contributed by atoms with Crippen molar-refractivity contribution in [2.24, 2.45) is 0 Å². The highest BCUT2D eigenvalue weighted by atomic mass is 35.5. The summed E-state index contributed by atoms with van der Waals surface area (Å²) in [7, 11) is 1.61. The van der Waals surface area contributed by atoms with Gasteiger partial charge >= 0.3 is 6.03 Å². The average Bonchev–Trinajstić information content (AvgIpc) is 2.39. The highest BCUT2D eigenvalue weighted by Gasteiger charge is 1.98. The molecule has 0 saturated heterocycles. The first-order valence-corrected chi connectivity index (χ1v) is 6.21. The summed E-state index contributed by atoms with van der Waals surface area (Å²) in [4.78, 5) is 11.3. The molecule has 2 amide bonds. The molecule has 0 spiro atoms. The first-order chi connectivity index (χ1) is 8.77. The summed E-state index contributed by atoms with van der Waals surface area (Å²) >= 11 is 5.50. The summed E-state index contributed by atoms with van der Waals surface area (Å²) in [6.45, 7) is 0.567. The van der Waals surface area contributed by atoms with E-state index in [0.717, 1.165) is 17.7 Å². The van der Waals surface area contributed by atoms with Crippen LogP contribution in [0.25, 0.3) is 6.08 Å². The number of carbonyl (C=O) groups excluding carboxylic acids is 1. The summed E-state index contributed by atoms with van der Waals surface area (Å²) in [5, 5.41) is 5.29. The Morgan fingerprint density at radius 1 is 1.44 bits per heavy atom. The number of urea groups is 1. The number of hydrogen-bond acceptors (Lipinski definition) is 2. The van der Waals surface area contributed by atoms with Crippen molar-refractivity contribution in [2.45, 2.75) is 6.42 Å². The van der Waals surface area contributed by atoms with Crippen LogP contribution >= 0.6 is 11.6 Å². The first kappa shape index (κ1) is 14.4. The number of para-hydroxylation sites is 1. The maximum atomic E-state index is 11.3. The molecule has 0 bridgehead atoms. The fraction of sp³-hybridized carbons (Fsp3) is 0.308. The van der Waals surface area contributed by atoms with Crippen molar-refractivity contribution in [1.82, 2.24) is 10.6 Å². The number of nitrogens with one attached hydrogen (secondary N) is 2. The maximum Gasteiger partial charge on any atom is 0.318 e. The Labute approximate surface area is 112 Å². The van der Waals surface area contributed by atoms with Gasteiger partial charge in [0.1, 0.15) is 5.75 Å². The van der Waals surface area contributed by atoms with Gasteiger partial charge in [-0.2, -0.15) is 0 Å². The van der Waals surface area contributed by atoms with Gasteiger partial charge in [-0.25, -0.2) is 4.79 Å². The van der Waals surface area contributed by atoms with Crippen LogP contribution in [0.5, 0.6) is 5.75 Å². The predicted molar refractivity (Wildman–Crippen MR) is 73.9 cm³/mol. The Bertz CT molecular complexity index is 408. The lowest BCUT2D eigenvalue weighted by Gasteiger charge is -2.04. The summed E-state index contributed by atoms with van der Waals surface area (Å²) in [5.74, 6) is 1.30. The van der Waals surface area contributed by atoms with E-state index >= 15 is 0 Å². The normalized spacial score (nSPS) is 10.3. The summed E-state index contributed by atoms with van der Waals surface area (Å²) in [5.41, 5.74) is 0.904. The molecule has 98 valence electrons. The van der Waals surface area contributed by atoms with Crippen molar-refractivity contribution < 1.29 is 9.53 Å². The van der Waals surface area contributed by atoms with Gasteiger partial charge in [0.05, 0.1) is 7.11 Å².